The molecule has 22 heavy (non-hydrogen) atoms. The maximum atomic E-state index is 12.4. The third-order valence-electron chi connectivity index (χ3n) is 3.23. The second-order valence-electron chi connectivity index (χ2n) is 5.08. The molecule has 1 N–H and O–H groups in total. The van der Waals surface area contributed by atoms with Gasteiger partial charge < -0.3 is 4.90 Å². The Bertz CT molecular complexity index is 628. The molecule has 6 heteroatoms. The average Bonchev–Trinajstić information content (AvgIpc) is 2.78. The smallest absolute Gasteiger partial charge is 0.271 e. The van der Waals surface area contributed by atoms with E-state index >= 15 is 0 Å². The third kappa shape index (κ3) is 4.97. The monoisotopic (exact) mass is 342 g/mol. The molecule has 1 aromatic rings. The fourth-order valence-corrected chi connectivity index (χ4v) is 4.60. The summed E-state index contributed by atoms with van der Waals surface area (Å²) in [4.78, 5) is 3.03. The highest BCUT2D eigenvalue weighted by Gasteiger charge is 2.23. The SMILES string of the molecule is CC.Cc1ccc(S(=O)(=O)NC2=CC=CCCC2N(C)C)s1. The predicted octanol–water partition coefficient (Wildman–Crippen LogP) is 3.53. The Kier molecular flexibility index (Phi) is 7.32. The Balaban J connectivity index is 0.00000116. The lowest BCUT2D eigenvalue weighted by Crippen LogP contribution is -2.37. The molecule has 0 fully saturated rings. The van der Waals surface area contributed by atoms with Crippen LogP contribution in [0.25, 0.3) is 0 Å². The van der Waals surface area contributed by atoms with Crippen LogP contribution in [0.1, 0.15) is 31.6 Å². The quantitative estimate of drug-likeness (QED) is 0.911. The molecular formula is C16H26N2O2S2. The van der Waals surface area contributed by atoms with Gasteiger partial charge in [0.05, 0.1) is 6.04 Å². The molecule has 0 bridgehead atoms. The van der Waals surface area contributed by atoms with Crippen LogP contribution >= 0.6 is 11.3 Å². The summed E-state index contributed by atoms with van der Waals surface area (Å²) in [7, 11) is 0.449. The van der Waals surface area contributed by atoms with Crippen molar-refractivity contribution in [1.82, 2.24) is 9.62 Å². The van der Waals surface area contributed by atoms with Gasteiger partial charge in [-0.1, -0.05) is 26.0 Å². The van der Waals surface area contributed by atoms with E-state index in [1.807, 2.05) is 58.0 Å². The van der Waals surface area contributed by atoms with E-state index in [1.54, 1.807) is 6.07 Å². The van der Waals surface area contributed by atoms with E-state index in [0.717, 1.165) is 23.4 Å². The van der Waals surface area contributed by atoms with Gasteiger partial charge in [-0.15, -0.1) is 11.3 Å². The number of sulfonamides is 1. The van der Waals surface area contributed by atoms with Gasteiger partial charge in [-0.05, 0) is 52.1 Å². The minimum absolute atomic E-state index is 0.0841. The lowest BCUT2D eigenvalue weighted by Gasteiger charge is -2.26. The van der Waals surface area contributed by atoms with Crippen LogP contribution in [0.5, 0.6) is 0 Å². The molecule has 0 aliphatic heterocycles. The number of nitrogens with one attached hydrogen (secondary N) is 1. The fourth-order valence-electron chi connectivity index (χ4n) is 2.19. The lowest BCUT2D eigenvalue weighted by molar-refractivity contribution is 0.311. The summed E-state index contributed by atoms with van der Waals surface area (Å²) in [6, 6.07) is 3.56. The van der Waals surface area contributed by atoms with Crippen LogP contribution < -0.4 is 4.72 Å². The number of rotatable bonds is 4. The largest absolute Gasteiger partial charge is 0.301 e. The van der Waals surface area contributed by atoms with Gasteiger partial charge in [0.15, 0.2) is 0 Å². The summed E-state index contributed by atoms with van der Waals surface area (Å²) >= 11 is 1.29. The van der Waals surface area contributed by atoms with Crippen LogP contribution in [0.15, 0.2) is 40.3 Å². The first kappa shape index (κ1) is 18.9. The summed E-state index contributed by atoms with van der Waals surface area (Å²) in [5.41, 5.74) is 0.731. The molecule has 1 aliphatic rings. The molecule has 0 radical (unpaired) electrons. The topological polar surface area (TPSA) is 49.4 Å². The number of likely N-dealkylation sites (N-methyl/N-ethyl adjacent to an activating group) is 1. The van der Waals surface area contributed by atoms with Gasteiger partial charge in [0, 0.05) is 10.6 Å². The van der Waals surface area contributed by atoms with Gasteiger partial charge in [-0.3, -0.25) is 4.72 Å². The molecule has 0 spiro atoms. The Morgan fingerprint density at radius 2 is 1.95 bits per heavy atom. The Morgan fingerprint density at radius 3 is 2.50 bits per heavy atom. The molecule has 4 nitrogen and oxygen atoms in total. The zero-order valence-corrected chi connectivity index (χ0v) is 15.6. The van der Waals surface area contributed by atoms with Gasteiger partial charge in [0.2, 0.25) is 0 Å². The van der Waals surface area contributed by atoms with Crippen molar-refractivity contribution in [2.75, 3.05) is 14.1 Å². The van der Waals surface area contributed by atoms with Crippen LogP contribution in [0, 0.1) is 6.92 Å². The molecule has 0 amide bonds. The van der Waals surface area contributed by atoms with Gasteiger partial charge >= 0.3 is 0 Å². The molecule has 124 valence electrons. The minimum atomic E-state index is -3.48. The zero-order chi connectivity index (χ0) is 16.8. The van der Waals surface area contributed by atoms with Crippen molar-refractivity contribution in [3.63, 3.8) is 0 Å². The third-order valence-corrected chi connectivity index (χ3v) is 6.11. The maximum absolute atomic E-state index is 12.4. The van der Waals surface area contributed by atoms with Gasteiger partial charge in [-0.2, -0.15) is 0 Å². The summed E-state index contributed by atoms with van der Waals surface area (Å²) in [5.74, 6) is 0. The Hall–Kier alpha value is -1.11. The van der Waals surface area contributed by atoms with Crippen LogP contribution in [-0.4, -0.2) is 33.5 Å². The highest BCUT2D eigenvalue weighted by molar-refractivity contribution is 7.91. The second kappa shape index (κ2) is 8.50. The molecular weight excluding hydrogens is 316 g/mol. The van der Waals surface area contributed by atoms with E-state index < -0.39 is 10.0 Å². The number of hydrogen-bond donors (Lipinski definition) is 1. The van der Waals surface area contributed by atoms with Crippen molar-refractivity contribution in [2.24, 2.45) is 0 Å². The van der Waals surface area contributed by atoms with E-state index in [4.69, 9.17) is 0 Å². The number of thiophene rings is 1. The fraction of sp³-hybridized carbons (Fsp3) is 0.500. The highest BCUT2D eigenvalue weighted by Crippen LogP contribution is 2.23. The van der Waals surface area contributed by atoms with E-state index in [9.17, 15) is 8.42 Å². The van der Waals surface area contributed by atoms with E-state index in [0.29, 0.717) is 4.21 Å². The van der Waals surface area contributed by atoms with Gasteiger partial charge in [0.1, 0.15) is 4.21 Å². The maximum Gasteiger partial charge on any atom is 0.271 e. The van der Waals surface area contributed by atoms with E-state index in [1.165, 1.54) is 11.3 Å². The molecule has 1 heterocycles. The number of allylic oxidation sites excluding steroid dienone is 3. The predicted molar refractivity (Wildman–Crippen MR) is 94.7 cm³/mol. The molecule has 1 aliphatic carbocycles. The normalized spacial score (nSPS) is 18.3. The average molecular weight is 343 g/mol. The van der Waals surface area contributed by atoms with Crippen molar-refractivity contribution in [3.05, 3.63) is 40.9 Å². The summed E-state index contributed by atoms with van der Waals surface area (Å²) in [6.45, 7) is 5.90. The Morgan fingerprint density at radius 1 is 1.27 bits per heavy atom. The molecule has 0 saturated heterocycles. The van der Waals surface area contributed by atoms with Gasteiger partial charge in [-0.25, -0.2) is 8.42 Å². The van der Waals surface area contributed by atoms with Crippen molar-refractivity contribution in [3.8, 4) is 0 Å². The van der Waals surface area contributed by atoms with Crippen molar-refractivity contribution >= 4 is 21.4 Å². The second-order valence-corrected chi connectivity index (χ2v) is 8.27. The Labute approximate surface area is 138 Å². The molecule has 0 saturated carbocycles. The molecule has 2 rings (SSSR count). The zero-order valence-electron chi connectivity index (χ0n) is 14.0. The van der Waals surface area contributed by atoms with Crippen LogP contribution in [0.3, 0.4) is 0 Å². The van der Waals surface area contributed by atoms with Crippen LogP contribution in [0.4, 0.5) is 0 Å². The first-order valence-electron chi connectivity index (χ1n) is 7.52. The van der Waals surface area contributed by atoms with Crippen molar-refractivity contribution in [1.29, 1.82) is 0 Å². The first-order chi connectivity index (χ1) is 10.4. The van der Waals surface area contributed by atoms with Crippen molar-refractivity contribution in [2.45, 2.75) is 43.9 Å². The molecule has 1 atom stereocenters. The standard InChI is InChI=1S/C14H20N2O2S2.C2H6/c1-11-9-10-14(19-11)20(17,18)15-12-7-5-4-6-8-13(12)16(2)3;1-2/h4-5,7,9-10,13,15H,6,8H2,1-3H3;1-2H3. The van der Waals surface area contributed by atoms with Crippen LogP contribution in [0.2, 0.25) is 0 Å². The van der Waals surface area contributed by atoms with Gasteiger partial charge in [0.25, 0.3) is 10.0 Å². The van der Waals surface area contributed by atoms with E-state index in [2.05, 4.69) is 10.8 Å². The molecule has 1 unspecified atom stereocenters. The molecule has 0 aromatic carbocycles. The van der Waals surface area contributed by atoms with Crippen molar-refractivity contribution < 1.29 is 8.42 Å². The highest BCUT2D eigenvalue weighted by atomic mass is 32.2. The van der Waals surface area contributed by atoms with E-state index in [-0.39, 0.29) is 6.04 Å². The minimum Gasteiger partial charge on any atom is -0.301 e. The number of aryl methyl sites for hydroxylation is 1. The molecule has 1 aromatic heterocycles. The summed E-state index contributed by atoms with van der Waals surface area (Å²) in [6.07, 6.45) is 7.69. The lowest BCUT2D eigenvalue weighted by atomic mass is 10.1. The summed E-state index contributed by atoms with van der Waals surface area (Å²) < 4.78 is 27.9. The number of nitrogens with zero attached hydrogens (tertiary/aromatic N) is 1. The first-order valence-corrected chi connectivity index (χ1v) is 9.82. The van der Waals surface area contributed by atoms with Crippen LogP contribution in [-0.2, 0) is 10.0 Å². The summed E-state index contributed by atoms with van der Waals surface area (Å²) in [5, 5.41) is 0. The number of hydrogen-bond acceptors (Lipinski definition) is 4.